The molecule has 3 heteroatoms. The van der Waals surface area contributed by atoms with Gasteiger partial charge in [0.25, 0.3) is 0 Å². The van der Waals surface area contributed by atoms with Crippen molar-refractivity contribution in [1.82, 2.24) is 10.2 Å². The summed E-state index contributed by atoms with van der Waals surface area (Å²) < 4.78 is 0. The van der Waals surface area contributed by atoms with Crippen LogP contribution >= 0.6 is 11.8 Å². The molecule has 1 aromatic rings. The minimum Gasteiger partial charge on any atom is -0.312 e. The Kier molecular flexibility index (Phi) is 8.19. The van der Waals surface area contributed by atoms with E-state index >= 15 is 0 Å². The second-order valence-corrected chi connectivity index (χ2v) is 6.51. The Morgan fingerprint density at radius 1 is 1.21 bits per heavy atom. The van der Waals surface area contributed by atoms with Crippen LogP contribution in [0.15, 0.2) is 24.3 Å². The van der Waals surface area contributed by atoms with Crippen LogP contribution in [0.1, 0.15) is 25.0 Å². The van der Waals surface area contributed by atoms with Gasteiger partial charge in [-0.25, -0.2) is 0 Å². The minimum absolute atomic E-state index is 0.705. The first-order valence-electron chi connectivity index (χ1n) is 7.08. The summed E-state index contributed by atoms with van der Waals surface area (Å²) in [6, 6.07) is 8.77. The first kappa shape index (κ1) is 16.5. The molecule has 0 heterocycles. The molecule has 0 radical (unpaired) electrons. The maximum atomic E-state index is 3.54. The number of nitrogens with one attached hydrogen (secondary N) is 1. The Morgan fingerprint density at radius 3 is 2.53 bits per heavy atom. The molecule has 1 rings (SSSR count). The van der Waals surface area contributed by atoms with Crippen LogP contribution in [0.2, 0.25) is 0 Å². The molecule has 108 valence electrons. The van der Waals surface area contributed by atoms with Crippen molar-refractivity contribution in [2.24, 2.45) is 5.92 Å². The molecule has 0 fully saturated rings. The van der Waals surface area contributed by atoms with Crippen LogP contribution in [0.5, 0.6) is 0 Å². The summed E-state index contributed by atoms with van der Waals surface area (Å²) in [6.07, 6.45) is 2.16. The van der Waals surface area contributed by atoms with Crippen molar-refractivity contribution >= 4 is 11.8 Å². The summed E-state index contributed by atoms with van der Waals surface area (Å²) in [5, 5.41) is 3.54. The van der Waals surface area contributed by atoms with Crippen LogP contribution < -0.4 is 5.32 Å². The summed E-state index contributed by atoms with van der Waals surface area (Å²) >= 11 is 1.91. The van der Waals surface area contributed by atoms with Crippen molar-refractivity contribution < 1.29 is 0 Å². The predicted molar refractivity (Wildman–Crippen MR) is 87.7 cm³/mol. The highest BCUT2D eigenvalue weighted by Gasteiger charge is 2.05. The highest BCUT2D eigenvalue weighted by atomic mass is 32.2. The van der Waals surface area contributed by atoms with Gasteiger partial charge in [0.1, 0.15) is 0 Å². The van der Waals surface area contributed by atoms with Crippen LogP contribution in [0.25, 0.3) is 0 Å². The van der Waals surface area contributed by atoms with Crippen molar-refractivity contribution in [3.63, 3.8) is 0 Å². The second kappa shape index (κ2) is 9.40. The van der Waals surface area contributed by atoms with E-state index in [2.05, 4.69) is 61.6 Å². The van der Waals surface area contributed by atoms with E-state index in [1.165, 1.54) is 16.9 Å². The highest BCUT2D eigenvalue weighted by molar-refractivity contribution is 7.98. The molecule has 0 aromatic heterocycles. The Balaban J connectivity index is 2.52. The van der Waals surface area contributed by atoms with Crippen molar-refractivity contribution in [3.8, 4) is 0 Å². The molecule has 0 aliphatic heterocycles. The normalized spacial score (nSPS) is 11.5. The minimum atomic E-state index is 0.705. The fourth-order valence-electron chi connectivity index (χ4n) is 2.00. The van der Waals surface area contributed by atoms with E-state index in [4.69, 9.17) is 0 Å². The zero-order valence-corrected chi connectivity index (χ0v) is 13.6. The Hall–Kier alpha value is -0.510. The maximum absolute atomic E-state index is 3.54. The van der Waals surface area contributed by atoms with Crippen molar-refractivity contribution in [1.29, 1.82) is 0 Å². The molecule has 0 unspecified atom stereocenters. The van der Waals surface area contributed by atoms with Crippen LogP contribution in [-0.4, -0.2) is 37.0 Å². The molecule has 0 bridgehead atoms. The Bertz CT molecular complexity index is 352. The summed E-state index contributed by atoms with van der Waals surface area (Å²) in [5.41, 5.74) is 2.88. The average molecular weight is 280 g/mol. The third-order valence-corrected chi connectivity index (χ3v) is 3.69. The van der Waals surface area contributed by atoms with Crippen LogP contribution in [-0.2, 0) is 13.1 Å². The number of hydrogen-bond acceptors (Lipinski definition) is 3. The van der Waals surface area contributed by atoms with E-state index in [0.717, 1.165) is 26.2 Å². The summed E-state index contributed by atoms with van der Waals surface area (Å²) in [4.78, 5) is 2.40. The number of hydrogen-bond donors (Lipinski definition) is 1. The zero-order valence-electron chi connectivity index (χ0n) is 12.8. The number of benzene rings is 1. The third-order valence-electron chi connectivity index (χ3n) is 3.10. The first-order chi connectivity index (χ1) is 9.13. The van der Waals surface area contributed by atoms with E-state index in [0.29, 0.717) is 5.92 Å². The van der Waals surface area contributed by atoms with Gasteiger partial charge in [-0.2, -0.15) is 11.8 Å². The van der Waals surface area contributed by atoms with Crippen molar-refractivity contribution in [2.45, 2.75) is 26.9 Å². The summed E-state index contributed by atoms with van der Waals surface area (Å²) in [5.74, 6) is 1.90. The molecule has 1 aromatic carbocycles. The van der Waals surface area contributed by atoms with E-state index in [1.54, 1.807) is 0 Å². The van der Waals surface area contributed by atoms with Gasteiger partial charge in [-0.1, -0.05) is 38.1 Å². The van der Waals surface area contributed by atoms with Crippen molar-refractivity contribution in [3.05, 3.63) is 35.4 Å². The lowest BCUT2D eigenvalue weighted by Gasteiger charge is -2.19. The van der Waals surface area contributed by atoms with Gasteiger partial charge < -0.3 is 10.2 Å². The Morgan fingerprint density at radius 2 is 1.89 bits per heavy atom. The fourth-order valence-corrected chi connectivity index (χ4v) is 2.49. The maximum Gasteiger partial charge on any atom is 0.0234 e. The molecule has 0 amide bonds. The largest absolute Gasteiger partial charge is 0.312 e. The predicted octanol–water partition coefficient (Wildman–Crippen LogP) is 3.23. The molecule has 1 N–H and O–H groups in total. The molecule has 0 saturated carbocycles. The molecule has 2 nitrogen and oxygen atoms in total. The molecular formula is C16H28N2S. The van der Waals surface area contributed by atoms with Crippen LogP contribution in [0, 0.1) is 5.92 Å². The fraction of sp³-hybridized carbons (Fsp3) is 0.625. The van der Waals surface area contributed by atoms with E-state index in [9.17, 15) is 0 Å². The van der Waals surface area contributed by atoms with Gasteiger partial charge in [-0.3, -0.25) is 0 Å². The van der Waals surface area contributed by atoms with Gasteiger partial charge >= 0.3 is 0 Å². The van der Waals surface area contributed by atoms with Crippen LogP contribution in [0.3, 0.4) is 0 Å². The van der Waals surface area contributed by atoms with E-state index in [-0.39, 0.29) is 0 Å². The van der Waals surface area contributed by atoms with Crippen molar-refractivity contribution in [2.75, 3.05) is 32.1 Å². The molecule has 0 atom stereocenters. The zero-order chi connectivity index (χ0) is 14.1. The first-order valence-corrected chi connectivity index (χ1v) is 8.47. The van der Waals surface area contributed by atoms with Gasteiger partial charge in [0, 0.05) is 25.4 Å². The molecule has 0 aliphatic rings. The number of thioether (sulfide) groups is 1. The van der Waals surface area contributed by atoms with Gasteiger partial charge in [0.2, 0.25) is 0 Å². The SMILES string of the molecule is CSCCN(C)Cc1ccccc1CNCC(C)C. The molecule has 0 spiro atoms. The lowest BCUT2D eigenvalue weighted by atomic mass is 10.1. The van der Waals surface area contributed by atoms with Gasteiger partial charge in [-0.15, -0.1) is 0 Å². The molecule has 19 heavy (non-hydrogen) atoms. The van der Waals surface area contributed by atoms with Crippen LogP contribution in [0.4, 0.5) is 0 Å². The van der Waals surface area contributed by atoms with E-state index < -0.39 is 0 Å². The summed E-state index contributed by atoms with van der Waals surface area (Å²) in [7, 11) is 2.20. The summed E-state index contributed by atoms with van der Waals surface area (Å²) in [6.45, 7) is 8.74. The topological polar surface area (TPSA) is 15.3 Å². The number of rotatable bonds is 9. The standard InChI is InChI=1S/C16H28N2S/c1-14(2)11-17-12-15-7-5-6-8-16(15)13-18(3)9-10-19-4/h5-8,14,17H,9-13H2,1-4H3. The lowest BCUT2D eigenvalue weighted by molar-refractivity contribution is 0.347. The molecule has 0 aliphatic carbocycles. The monoisotopic (exact) mass is 280 g/mol. The highest BCUT2D eigenvalue weighted by Crippen LogP contribution is 2.11. The smallest absolute Gasteiger partial charge is 0.0234 e. The second-order valence-electron chi connectivity index (χ2n) is 5.52. The Labute approximate surface area is 123 Å². The molecular weight excluding hydrogens is 252 g/mol. The third kappa shape index (κ3) is 7.00. The lowest BCUT2D eigenvalue weighted by Crippen LogP contribution is -2.23. The molecule has 0 saturated heterocycles. The van der Waals surface area contributed by atoms with Gasteiger partial charge in [0.05, 0.1) is 0 Å². The average Bonchev–Trinajstić information content (AvgIpc) is 2.38. The quantitative estimate of drug-likeness (QED) is 0.747. The number of nitrogens with zero attached hydrogens (tertiary/aromatic N) is 1. The van der Waals surface area contributed by atoms with E-state index in [1.807, 2.05) is 11.8 Å². The van der Waals surface area contributed by atoms with Gasteiger partial charge in [-0.05, 0) is 36.9 Å². The van der Waals surface area contributed by atoms with Gasteiger partial charge in [0.15, 0.2) is 0 Å².